The molecule has 0 N–H and O–H groups in total. The Kier molecular flexibility index (Phi) is 6.92. The number of hydrogen-bond acceptors (Lipinski definition) is 7. The molecular formula is C30H32N4O3S. The van der Waals surface area contributed by atoms with E-state index in [2.05, 4.69) is 24.0 Å². The number of carbonyl (C=O) groups excluding carboxylic acids is 1. The van der Waals surface area contributed by atoms with E-state index in [9.17, 15) is 4.79 Å². The molecule has 1 aliphatic heterocycles. The minimum absolute atomic E-state index is 0.0736. The van der Waals surface area contributed by atoms with E-state index in [0.29, 0.717) is 12.4 Å². The van der Waals surface area contributed by atoms with Crippen LogP contribution < -0.4 is 4.74 Å². The molecule has 0 saturated heterocycles. The molecule has 0 aliphatic carbocycles. The molecule has 0 fully saturated rings. The summed E-state index contributed by atoms with van der Waals surface area (Å²) in [4.78, 5) is 19.3. The van der Waals surface area contributed by atoms with Gasteiger partial charge in [0.1, 0.15) is 34.8 Å². The van der Waals surface area contributed by atoms with E-state index < -0.39 is 11.6 Å². The van der Waals surface area contributed by atoms with E-state index in [-0.39, 0.29) is 12.4 Å². The van der Waals surface area contributed by atoms with Gasteiger partial charge in [0.2, 0.25) is 0 Å². The number of benzene rings is 2. The highest BCUT2D eigenvalue weighted by atomic mass is 32.1. The van der Waals surface area contributed by atoms with E-state index in [1.54, 1.807) is 11.3 Å². The summed E-state index contributed by atoms with van der Waals surface area (Å²) in [6.07, 6.45) is 0.0736. The quantitative estimate of drug-likeness (QED) is 0.269. The molecule has 8 heteroatoms. The Bertz CT molecular complexity index is 1490. The number of carbonyl (C=O) groups is 1. The molecule has 3 heterocycles. The number of thiophene rings is 1. The predicted molar refractivity (Wildman–Crippen MR) is 150 cm³/mol. The van der Waals surface area contributed by atoms with Gasteiger partial charge in [0.25, 0.3) is 0 Å². The SMILES string of the molecule is Cc1sc2c(c1C)C(c1ccc(OCc3ccccc3)cc1)=N[C@@H](CC(=O)OC(C)(C)C)c1nnc(C)n1-2. The average Bonchev–Trinajstić information content (AvgIpc) is 3.35. The molecule has 0 amide bonds. The zero-order valence-electron chi connectivity index (χ0n) is 22.6. The second-order valence-corrected chi connectivity index (χ2v) is 11.7. The molecule has 2 aromatic carbocycles. The first kappa shape index (κ1) is 25.9. The summed E-state index contributed by atoms with van der Waals surface area (Å²) >= 11 is 1.69. The Morgan fingerprint density at radius 2 is 1.71 bits per heavy atom. The minimum atomic E-state index is -0.584. The summed E-state index contributed by atoms with van der Waals surface area (Å²) in [6.45, 7) is 12.3. The monoisotopic (exact) mass is 528 g/mol. The largest absolute Gasteiger partial charge is 0.489 e. The van der Waals surface area contributed by atoms with Crippen LogP contribution in [-0.2, 0) is 16.1 Å². The number of ether oxygens (including phenoxy) is 2. The van der Waals surface area contributed by atoms with Crippen molar-refractivity contribution in [3.8, 4) is 10.8 Å². The fourth-order valence-electron chi connectivity index (χ4n) is 4.52. The first-order valence-electron chi connectivity index (χ1n) is 12.7. The number of esters is 1. The van der Waals surface area contributed by atoms with Gasteiger partial charge in [-0.25, -0.2) is 0 Å². The molecule has 1 atom stereocenters. The fourth-order valence-corrected chi connectivity index (χ4v) is 5.73. The Morgan fingerprint density at radius 1 is 1.00 bits per heavy atom. The summed E-state index contributed by atoms with van der Waals surface area (Å²) in [6, 6.07) is 17.5. The Balaban J connectivity index is 1.54. The van der Waals surface area contributed by atoms with Crippen LogP contribution in [-0.4, -0.2) is 32.0 Å². The average molecular weight is 529 g/mol. The smallest absolute Gasteiger partial charge is 0.308 e. The van der Waals surface area contributed by atoms with Crippen molar-refractivity contribution in [2.45, 2.75) is 66.2 Å². The summed E-state index contributed by atoms with van der Waals surface area (Å²) in [5, 5.41) is 9.83. The van der Waals surface area contributed by atoms with Crippen molar-refractivity contribution in [1.29, 1.82) is 0 Å². The van der Waals surface area contributed by atoms with E-state index in [1.165, 1.54) is 4.88 Å². The van der Waals surface area contributed by atoms with Gasteiger partial charge in [-0.05, 0) is 76.9 Å². The maximum Gasteiger partial charge on any atom is 0.308 e. The summed E-state index contributed by atoms with van der Waals surface area (Å²) in [5.41, 5.74) is 4.51. The van der Waals surface area contributed by atoms with Gasteiger partial charge in [0.05, 0.1) is 12.1 Å². The first-order valence-corrected chi connectivity index (χ1v) is 13.5. The van der Waals surface area contributed by atoms with Gasteiger partial charge in [-0.2, -0.15) is 0 Å². The van der Waals surface area contributed by atoms with Crippen LogP contribution >= 0.6 is 11.3 Å². The molecule has 196 valence electrons. The predicted octanol–water partition coefficient (Wildman–Crippen LogP) is 6.46. The van der Waals surface area contributed by atoms with E-state index in [4.69, 9.17) is 14.5 Å². The molecular weight excluding hydrogens is 496 g/mol. The van der Waals surface area contributed by atoms with Crippen molar-refractivity contribution >= 4 is 23.0 Å². The third-order valence-electron chi connectivity index (χ3n) is 6.40. The number of aliphatic imine (C=N–C) groups is 1. The van der Waals surface area contributed by atoms with Gasteiger partial charge in [0, 0.05) is 16.0 Å². The first-order chi connectivity index (χ1) is 18.1. The van der Waals surface area contributed by atoms with Gasteiger partial charge in [-0.15, -0.1) is 21.5 Å². The Labute approximate surface area is 227 Å². The van der Waals surface area contributed by atoms with Crippen LogP contribution in [0.4, 0.5) is 0 Å². The Morgan fingerprint density at radius 3 is 2.39 bits per heavy atom. The molecule has 0 bridgehead atoms. The molecule has 2 aromatic heterocycles. The third kappa shape index (κ3) is 5.27. The summed E-state index contributed by atoms with van der Waals surface area (Å²) in [7, 11) is 0. The Hall–Kier alpha value is -3.78. The lowest BCUT2D eigenvalue weighted by atomic mass is 9.99. The standard InChI is InChI=1S/C30H32N4O3S/c1-18-19(2)38-29-26(18)27(22-12-14-23(15-13-22)36-17-21-10-8-7-9-11-21)31-24(16-25(35)37-30(4,5)6)28-33-32-20(3)34(28)29/h7-15,24H,16-17H2,1-6H3/t24-/m0/s1. The van der Waals surface area contributed by atoms with Crippen molar-refractivity contribution < 1.29 is 14.3 Å². The molecule has 0 unspecified atom stereocenters. The van der Waals surface area contributed by atoms with Gasteiger partial charge in [-0.3, -0.25) is 14.4 Å². The van der Waals surface area contributed by atoms with Crippen molar-refractivity contribution in [3.05, 3.63) is 93.4 Å². The number of aromatic nitrogens is 3. The van der Waals surface area contributed by atoms with Gasteiger partial charge >= 0.3 is 5.97 Å². The van der Waals surface area contributed by atoms with Gasteiger partial charge in [-0.1, -0.05) is 30.3 Å². The van der Waals surface area contributed by atoms with Crippen molar-refractivity contribution in [2.24, 2.45) is 4.99 Å². The lowest BCUT2D eigenvalue weighted by molar-refractivity contribution is -0.155. The topological polar surface area (TPSA) is 78.6 Å². The van der Waals surface area contributed by atoms with E-state index in [0.717, 1.165) is 44.5 Å². The van der Waals surface area contributed by atoms with Crippen molar-refractivity contribution in [3.63, 3.8) is 0 Å². The zero-order valence-corrected chi connectivity index (χ0v) is 23.4. The lowest BCUT2D eigenvalue weighted by Gasteiger charge is -2.21. The second kappa shape index (κ2) is 10.2. The number of rotatable bonds is 6. The van der Waals surface area contributed by atoms with Gasteiger partial charge in [0.15, 0.2) is 5.82 Å². The maximum atomic E-state index is 12.9. The number of fused-ring (bicyclic) bond motifs is 3. The molecule has 7 nitrogen and oxygen atoms in total. The minimum Gasteiger partial charge on any atom is -0.489 e. The van der Waals surface area contributed by atoms with E-state index >= 15 is 0 Å². The normalized spacial score (nSPS) is 14.8. The zero-order chi connectivity index (χ0) is 27.0. The van der Waals surface area contributed by atoms with Crippen LogP contribution in [0.2, 0.25) is 0 Å². The van der Waals surface area contributed by atoms with Crippen LogP contribution in [0.15, 0.2) is 59.6 Å². The van der Waals surface area contributed by atoms with E-state index in [1.807, 2.05) is 86.9 Å². The van der Waals surface area contributed by atoms with Gasteiger partial charge < -0.3 is 9.47 Å². The molecule has 38 heavy (non-hydrogen) atoms. The third-order valence-corrected chi connectivity index (χ3v) is 7.59. The van der Waals surface area contributed by atoms with Crippen LogP contribution in [0, 0.1) is 20.8 Å². The highest BCUT2D eigenvalue weighted by Gasteiger charge is 2.33. The molecule has 5 rings (SSSR count). The molecule has 0 spiro atoms. The fraction of sp³-hybridized carbons (Fsp3) is 0.333. The van der Waals surface area contributed by atoms with Crippen LogP contribution in [0.1, 0.15) is 72.0 Å². The van der Waals surface area contributed by atoms with Crippen molar-refractivity contribution in [1.82, 2.24) is 14.8 Å². The van der Waals surface area contributed by atoms with Crippen LogP contribution in [0.25, 0.3) is 5.00 Å². The number of nitrogens with zero attached hydrogens (tertiary/aromatic N) is 4. The highest BCUT2D eigenvalue weighted by Crippen LogP contribution is 2.39. The lowest BCUT2D eigenvalue weighted by Crippen LogP contribution is -2.25. The second-order valence-electron chi connectivity index (χ2n) is 10.5. The molecule has 0 radical (unpaired) electrons. The number of aryl methyl sites for hydroxylation is 2. The number of hydrogen-bond donors (Lipinski definition) is 0. The van der Waals surface area contributed by atoms with Crippen LogP contribution in [0.3, 0.4) is 0 Å². The molecule has 4 aromatic rings. The highest BCUT2D eigenvalue weighted by molar-refractivity contribution is 7.15. The van der Waals surface area contributed by atoms with Crippen LogP contribution in [0.5, 0.6) is 5.75 Å². The van der Waals surface area contributed by atoms with Crippen molar-refractivity contribution in [2.75, 3.05) is 0 Å². The summed E-state index contributed by atoms with van der Waals surface area (Å²) < 4.78 is 13.7. The maximum absolute atomic E-state index is 12.9. The molecule has 0 saturated carbocycles. The summed E-state index contributed by atoms with van der Waals surface area (Å²) in [5.74, 6) is 1.87. The molecule has 1 aliphatic rings.